The number of benzene rings is 1. The molecule has 0 aliphatic carbocycles. The Hall–Kier alpha value is -1.43. The summed E-state index contributed by atoms with van der Waals surface area (Å²) in [5, 5.41) is 0. The van der Waals surface area contributed by atoms with Crippen molar-refractivity contribution in [2.45, 2.75) is 44.2 Å². The highest BCUT2D eigenvalue weighted by Gasteiger charge is 2.47. The smallest absolute Gasteiger partial charge is 0.236 e. The normalized spacial score (nSPS) is 33.3. The topological polar surface area (TPSA) is 36.0 Å². The van der Waals surface area contributed by atoms with Crippen molar-refractivity contribution in [3.05, 3.63) is 35.9 Å². The van der Waals surface area contributed by atoms with Crippen molar-refractivity contribution in [1.82, 2.24) is 14.7 Å². The molecule has 5 heteroatoms. The van der Waals surface area contributed by atoms with Crippen LogP contribution in [-0.2, 0) is 16.0 Å². The van der Waals surface area contributed by atoms with Gasteiger partial charge in [-0.25, -0.2) is 0 Å². The molecule has 0 N–H and O–H groups in total. The van der Waals surface area contributed by atoms with Gasteiger partial charge in [0.2, 0.25) is 5.91 Å². The van der Waals surface area contributed by atoms with Crippen LogP contribution in [0.25, 0.3) is 0 Å². The number of amides is 1. The number of morpholine rings is 1. The standard InChI is InChI=1S/C24H35N3O2/c28-24(26-10-12-29-13-11-26)18-25-16-20-15-21(17-25)23(14-19-6-2-1-3-7-19)27-9-5-4-8-22(20)27/h1-3,6-7,20-23H,4-5,8-18H2/t20-,21+,22+,23+/m1/s1. The Morgan fingerprint density at radius 1 is 1.00 bits per heavy atom. The Kier molecular flexibility index (Phi) is 5.89. The van der Waals surface area contributed by atoms with Crippen molar-refractivity contribution < 1.29 is 9.53 Å². The van der Waals surface area contributed by atoms with E-state index >= 15 is 0 Å². The number of nitrogens with zero attached hydrogens (tertiary/aromatic N) is 3. The first-order valence-electron chi connectivity index (χ1n) is 11.7. The molecule has 4 saturated heterocycles. The Morgan fingerprint density at radius 3 is 2.62 bits per heavy atom. The van der Waals surface area contributed by atoms with Crippen LogP contribution in [0.4, 0.5) is 0 Å². The van der Waals surface area contributed by atoms with E-state index in [1.54, 1.807) is 0 Å². The quantitative estimate of drug-likeness (QED) is 0.781. The molecular formula is C24H35N3O2. The number of carbonyl (C=O) groups is 1. The summed E-state index contributed by atoms with van der Waals surface area (Å²) in [6, 6.07) is 12.4. The zero-order chi connectivity index (χ0) is 19.6. The fourth-order valence-electron chi connectivity index (χ4n) is 6.37. The molecule has 0 saturated carbocycles. The van der Waals surface area contributed by atoms with Gasteiger partial charge >= 0.3 is 0 Å². The molecule has 5 rings (SSSR count). The first-order chi connectivity index (χ1) is 14.3. The summed E-state index contributed by atoms with van der Waals surface area (Å²) in [5.74, 6) is 1.72. The van der Waals surface area contributed by atoms with Gasteiger partial charge in [0.15, 0.2) is 0 Å². The predicted octanol–water partition coefficient (Wildman–Crippen LogP) is 2.26. The van der Waals surface area contributed by atoms with E-state index in [0.29, 0.717) is 37.6 Å². The van der Waals surface area contributed by atoms with Crippen molar-refractivity contribution in [2.24, 2.45) is 11.8 Å². The maximum Gasteiger partial charge on any atom is 0.236 e. The van der Waals surface area contributed by atoms with E-state index in [0.717, 1.165) is 44.6 Å². The Bertz CT molecular complexity index is 691. The van der Waals surface area contributed by atoms with E-state index in [1.165, 1.54) is 37.8 Å². The van der Waals surface area contributed by atoms with Crippen LogP contribution in [0.5, 0.6) is 0 Å². The highest BCUT2D eigenvalue weighted by molar-refractivity contribution is 5.78. The number of hydrogen-bond acceptors (Lipinski definition) is 4. The minimum atomic E-state index is 0.299. The molecule has 4 heterocycles. The van der Waals surface area contributed by atoms with Gasteiger partial charge in [-0.15, -0.1) is 0 Å². The first kappa shape index (κ1) is 19.5. The highest BCUT2D eigenvalue weighted by atomic mass is 16.5. The minimum absolute atomic E-state index is 0.299. The summed E-state index contributed by atoms with van der Waals surface area (Å²) in [5.41, 5.74) is 1.46. The van der Waals surface area contributed by atoms with Crippen molar-refractivity contribution in [1.29, 1.82) is 0 Å². The van der Waals surface area contributed by atoms with Crippen molar-refractivity contribution in [2.75, 3.05) is 52.5 Å². The third kappa shape index (κ3) is 4.23. The molecule has 0 unspecified atom stereocenters. The molecule has 1 amide bonds. The first-order valence-corrected chi connectivity index (χ1v) is 11.7. The molecule has 4 aliphatic heterocycles. The van der Waals surface area contributed by atoms with Gasteiger partial charge in [-0.2, -0.15) is 0 Å². The molecule has 5 nitrogen and oxygen atoms in total. The fourth-order valence-corrected chi connectivity index (χ4v) is 6.37. The summed E-state index contributed by atoms with van der Waals surface area (Å²) in [7, 11) is 0. The third-order valence-corrected chi connectivity index (χ3v) is 7.71. The van der Waals surface area contributed by atoms with Gasteiger partial charge in [-0.1, -0.05) is 36.8 Å². The number of likely N-dealkylation sites (tertiary alicyclic amines) is 1. The molecule has 4 atom stereocenters. The van der Waals surface area contributed by atoms with Gasteiger partial charge in [0.25, 0.3) is 0 Å². The monoisotopic (exact) mass is 397 g/mol. The van der Waals surface area contributed by atoms with Crippen LogP contribution < -0.4 is 0 Å². The maximum atomic E-state index is 12.9. The number of ether oxygens (including phenoxy) is 1. The predicted molar refractivity (Wildman–Crippen MR) is 114 cm³/mol. The van der Waals surface area contributed by atoms with Crippen LogP contribution in [-0.4, -0.2) is 85.2 Å². The lowest BCUT2D eigenvalue weighted by Gasteiger charge is -2.57. The molecule has 1 aromatic carbocycles. The SMILES string of the molecule is O=C(CN1C[C@H]2C[C@@H](C1)[C@H](Cc1ccccc1)N1CCCC[C@@H]21)N1CCOCC1. The molecule has 158 valence electrons. The van der Waals surface area contributed by atoms with E-state index in [2.05, 4.69) is 40.1 Å². The fraction of sp³-hybridized carbons (Fsp3) is 0.708. The van der Waals surface area contributed by atoms with Crippen LogP contribution in [0, 0.1) is 11.8 Å². The average molecular weight is 398 g/mol. The van der Waals surface area contributed by atoms with Crippen molar-refractivity contribution in [3.8, 4) is 0 Å². The number of piperidine rings is 3. The number of fused-ring (bicyclic) bond motifs is 4. The van der Waals surface area contributed by atoms with E-state index < -0.39 is 0 Å². The molecule has 1 aromatic rings. The van der Waals surface area contributed by atoms with Crippen LogP contribution in [0.1, 0.15) is 31.2 Å². The van der Waals surface area contributed by atoms with Crippen LogP contribution >= 0.6 is 0 Å². The molecular weight excluding hydrogens is 362 g/mol. The molecule has 4 aliphatic rings. The second kappa shape index (κ2) is 8.75. The Balaban J connectivity index is 1.30. The highest BCUT2D eigenvalue weighted by Crippen LogP contribution is 2.42. The summed E-state index contributed by atoms with van der Waals surface area (Å²) in [6.45, 7) is 6.93. The summed E-state index contributed by atoms with van der Waals surface area (Å²) < 4.78 is 5.42. The third-order valence-electron chi connectivity index (χ3n) is 7.71. The lowest BCUT2D eigenvalue weighted by Crippen LogP contribution is -2.64. The molecule has 4 fully saturated rings. The zero-order valence-corrected chi connectivity index (χ0v) is 17.5. The Labute approximate surface area is 175 Å². The number of hydrogen-bond donors (Lipinski definition) is 0. The summed E-state index contributed by atoms with van der Waals surface area (Å²) >= 11 is 0. The summed E-state index contributed by atoms with van der Waals surface area (Å²) in [4.78, 5) is 20.2. The second-order valence-electron chi connectivity index (χ2n) is 9.50. The van der Waals surface area contributed by atoms with Crippen molar-refractivity contribution in [3.63, 3.8) is 0 Å². The summed E-state index contributed by atoms with van der Waals surface area (Å²) in [6.07, 6.45) is 6.56. The number of rotatable bonds is 4. The van der Waals surface area contributed by atoms with Gasteiger partial charge in [0.1, 0.15) is 0 Å². The van der Waals surface area contributed by atoms with Gasteiger partial charge in [-0.3, -0.25) is 14.6 Å². The zero-order valence-electron chi connectivity index (χ0n) is 17.5. The maximum absolute atomic E-state index is 12.9. The molecule has 0 aromatic heterocycles. The largest absolute Gasteiger partial charge is 0.378 e. The Morgan fingerprint density at radius 2 is 1.79 bits per heavy atom. The van der Waals surface area contributed by atoms with Crippen LogP contribution in [0.2, 0.25) is 0 Å². The lowest BCUT2D eigenvalue weighted by atomic mass is 9.71. The van der Waals surface area contributed by atoms with E-state index in [1.807, 2.05) is 4.90 Å². The number of carbonyl (C=O) groups excluding carboxylic acids is 1. The van der Waals surface area contributed by atoms with Crippen LogP contribution in [0.15, 0.2) is 30.3 Å². The van der Waals surface area contributed by atoms with E-state index in [4.69, 9.17) is 4.74 Å². The minimum Gasteiger partial charge on any atom is -0.378 e. The van der Waals surface area contributed by atoms with E-state index in [9.17, 15) is 4.79 Å². The average Bonchev–Trinajstić information content (AvgIpc) is 2.78. The van der Waals surface area contributed by atoms with Gasteiger partial charge in [0, 0.05) is 38.3 Å². The van der Waals surface area contributed by atoms with Crippen LogP contribution in [0.3, 0.4) is 0 Å². The second-order valence-corrected chi connectivity index (χ2v) is 9.50. The van der Waals surface area contributed by atoms with E-state index in [-0.39, 0.29) is 0 Å². The molecule has 0 spiro atoms. The molecule has 29 heavy (non-hydrogen) atoms. The van der Waals surface area contributed by atoms with Gasteiger partial charge < -0.3 is 9.64 Å². The van der Waals surface area contributed by atoms with Gasteiger partial charge in [0.05, 0.1) is 19.8 Å². The molecule has 0 radical (unpaired) electrons. The lowest BCUT2D eigenvalue weighted by molar-refractivity contribution is -0.139. The molecule has 2 bridgehead atoms. The van der Waals surface area contributed by atoms with Crippen molar-refractivity contribution >= 4 is 5.91 Å². The van der Waals surface area contributed by atoms with Gasteiger partial charge in [-0.05, 0) is 49.6 Å².